The molecule has 2 aromatic rings. The lowest BCUT2D eigenvalue weighted by Crippen LogP contribution is -2.26. The van der Waals surface area contributed by atoms with Gasteiger partial charge in [-0.05, 0) is 18.2 Å². The van der Waals surface area contributed by atoms with Crippen molar-refractivity contribution in [1.82, 2.24) is 9.97 Å². The summed E-state index contributed by atoms with van der Waals surface area (Å²) in [6, 6.07) is 6.52. The van der Waals surface area contributed by atoms with E-state index in [1.165, 1.54) is 25.3 Å². The van der Waals surface area contributed by atoms with Gasteiger partial charge in [-0.15, -0.1) is 0 Å². The third-order valence-electron chi connectivity index (χ3n) is 3.96. The van der Waals surface area contributed by atoms with E-state index in [0.29, 0.717) is 17.7 Å². The molecular weight excluding hydrogens is 364 g/mol. The number of carbonyl (C=O) groups excluding carboxylic acids is 3. The van der Waals surface area contributed by atoms with E-state index in [1.807, 2.05) is 0 Å². The Morgan fingerprint density at radius 2 is 2.07 bits per heavy atom. The van der Waals surface area contributed by atoms with Gasteiger partial charge in [-0.25, -0.2) is 9.97 Å². The quantitative estimate of drug-likeness (QED) is 0.753. The van der Waals surface area contributed by atoms with Gasteiger partial charge in [0.05, 0.1) is 6.20 Å². The minimum absolute atomic E-state index is 0.0461. The van der Waals surface area contributed by atoms with Gasteiger partial charge in [0, 0.05) is 24.7 Å². The Balaban J connectivity index is 1.81. The number of benzene rings is 1. The average Bonchev–Trinajstić information content (AvgIpc) is 2.93. The van der Waals surface area contributed by atoms with Crippen LogP contribution >= 0.6 is 0 Å². The zero-order chi connectivity index (χ0) is 20.3. The van der Waals surface area contributed by atoms with Gasteiger partial charge in [-0.3, -0.25) is 19.3 Å². The van der Waals surface area contributed by atoms with Gasteiger partial charge < -0.3 is 15.5 Å². The van der Waals surface area contributed by atoms with Crippen molar-refractivity contribution in [2.75, 3.05) is 29.7 Å². The first-order valence-corrected chi connectivity index (χ1v) is 8.42. The summed E-state index contributed by atoms with van der Waals surface area (Å²) in [5.74, 6) is -0.546. The van der Waals surface area contributed by atoms with E-state index in [4.69, 9.17) is 0 Å². The van der Waals surface area contributed by atoms with Gasteiger partial charge in [0.2, 0.25) is 5.91 Å². The van der Waals surface area contributed by atoms with E-state index in [9.17, 15) is 14.4 Å². The number of hydrogen-bond donors (Lipinski definition) is 2. The standard InChI is InChI=1S/C18H18N6O4/c1-4-13(25)20-11-7-5-6-10(8-11)17(26)22-12-9-19-14-15(23-28-3)18(27)24(2)16(14)21-12/h5-9H,4H2,1-3H3,(H,20,25)(H,21,22,26)/b23-15-. The molecular formula is C18H18N6O4. The van der Waals surface area contributed by atoms with Crippen LogP contribution in [-0.4, -0.2) is 47.6 Å². The number of nitrogens with one attached hydrogen (secondary N) is 2. The highest BCUT2D eigenvalue weighted by Gasteiger charge is 2.35. The van der Waals surface area contributed by atoms with E-state index in [0.717, 1.165) is 0 Å². The maximum Gasteiger partial charge on any atom is 0.283 e. The normalized spacial score (nSPS) is 14.0. The number of anilines is 3. The van der Waals surface area contributed by atoms with Crippen molar-refractivity contribution in [3.63, 3.8) is 0 Å². The van der Waals surface area contributed by atoms with Crippen molar-refractivity contribution in [2.24, 2.45) is 5.16 Å². The Morgan fingerprint density at radius 3 is 2.79 bits per heavy atom. The second-order valence-corrected chi connectivity index (χ2v) is 5.85. The smallest absolute Gasteiger partial charge is 0.283 e. The first kappa shape index (κ1) is 19.0. The van der Waals surface area contributed by atoms with Gasteiger partial charge in [-0.1, -0.05) is 18.1 Å². The van der Waals surface area contributed by atoms with Crippen molar-refractivity contribution in [1.29, 1.82) is 0 Å². The third kappa shape index (κ3) is 3.65. The molecule has 0 saturated carbocycles. The molecule has 0 spiro atoms. The van der Waals surface area contributed by atoms with Crippen LogP contribution in [0.25, 0.3) is 0 Å². The van der Waals surface area contributed by atoms with E-state index in [-0.39, 0.29) is 28.9 Å². The summed E-state index contributed by atoms with van der Waals surface area (Å²) >= 11 is 0. The number of amides is 3. The van der Waals surface area contributed by atoms with Crippen LogP contribution in [0.3, 0.4) is 0 Å². The highest BCUT2D eigenvalue weighted by molar-refractivity contribution is 6.53. The number of fused-ring (bicyclic) bond motifs is 1. The molecule has 0 saturated heterocycles. The van der Waals surface area contributed by atoms with E-state index in [1.54, 1.807) is 31.2 Å². The van der Waals surface area contributed by atoms with Crippen LogP contribution in [0.15, 0.2) is 35.6 Å². The molecule has 10 heteroatoms. The molecule has 3 rings (SSSR count). The zero-order valence-electron chi connectivity index (χ0n) is 15.5. The molecule has 28 heavy (non-hydrogen) atoms. The third-order valence-corrected chi connectivity index (χ3v) is 3.96. The Kier molecular flexibility index (Phi) is 5.30. The SMILES string of the molecule is CCC(=O)Nc1cccc(C(=O)Nc2cnc3c(n2)N(C)C(=O)/C3=N\OC)c1. The summed E-state index contributed by atoms with van der Waals surface area (Å²) in [7, 11) is 2.86. The second kappa shape index (κ2) is 7.82. The van der Waals surface area contributed by atoms with Crippen molar-refractivity contribution >= 4 is 40.8 Å². The number of oxime groups is 1. The highest BCUT2D eigenvalue weighted by Crippen LogP contribution is 2.25. The molecule has 0 aliphatic carbocycles. The van der Waals surface area contributed by atoms with Crippen LogP contribution in [0.2, 0.25) is 0 Å². The van der Waals surface area contributed by atoms with Crippen LogP contribution in [0, 0.1) is 0 Å². The molecule has 0 atom stereocenters. The maximum atomic E-state index is 12.5. The van der Waals surface area contributed by atoms with Gasteiger partial charge in [0.15, 0.2) is 17.3 Å². The van der Waals surface area contributed by atoms with Gasteiger partial charge in [0.25, 0.3) is 11.8 Å². The molecule has 0 unspecified atom stereocenters. The lowest BCUT2D eigenvalue weighted by molar-refractivity contribution is -0.116. The molecule has 144 valence electrons. The Labute approximate surface area is 160 Å². The van der Waals surface area contributed by atoms with Crippen LogP contribution in [-0.2, 0) is 14.4 Å². The lowest BCUT2D eigenvalue weighted by atomic mass is 10.2. The fraction of sp³-hybridized carbons (Fsp3) is 0.222. The number of carbonyl (C=O) groups is 3. The first-order valence-electron chi connectivity index (χ1n) is 8.42. The summed E-state index contributed by atoms with van der Waals surface area (Å²) in [6.07, 6.45) is 1.67. The Morgan fingerprint density at radius 1 is 1.29 bits per heavy atom. The summed E-state index contributed by atoms with van der Waals surface area (Å²) in [5.41, 5.74) is 1.17. The van der Waals surface area contributed by atoms with Crippen LogP contribution < -0.4 is 15.5 Å². The average molecular weight is 382 g/mol. The fourth-order valence-corrected chi connectivity index (χ4v) is 2.55. The Bertz CT molecular complexity index is 988. The van der Waals surface area contributed by atoms with Crippen LogP contribution in [0.1, 0.15) is 29.4 Å². The molecule has 2 heterocycles. The molecule has 0 radical (unpaired) electrons. The largest absolute Gasteiger partial charge is 0.398 e. The molecule has 2 N–H and O–H groups in total. The van der Waals surface area contributed by atoms with Crippen LogP contribution in [0.4, 0.5) is 17.3 Å². The van der Waals surface area contributed by atoms with Crippen molar-refractivity contribution in [2.45, 2.75) is 13.3 Å². The topological polar surface area (TPSA) is 126 Å². The summed E-state index contributed by atoms with van der Waals surface area (Å²) < 4.78 is 0. The van der Waals surface area contributed by atoms with Gasteiger partial charge >= 0.3 is 0 Å². The number of rotatable bonds is 5. The molecule has 1 aromatic heterocycles. The summed E-state index contributed by atoms with van der Waals surface area (Å²) in [4.78, 5) is 50.6. The van der Waals surface area contributed by atoms with E-state index in [2.05, 4.69) is 30.6 Å². The zero-order valence-corrected chi connectivity index (χ0v) is 15.5. The monoisotopic (exact) mass is 382 g/mol. The van der Waals surface area contributed by atoms with Crippen molar-refractivity contribution < 1.29 is 19.2 Å². The summed E-state index contributed by atoms with van der Waals surface area (Å²) in [5, 5.41) is 9.00. The molecule has 10 nitrogen and oxygen atoms in total. The number of hydrogen-bond acceptors (Lipinski definition) is 7. The van der Waals surface area contributed by atoms with Crippen LogP contribution in [0.5, 0.6) is 0 Å². The van der Waals surface area contributed by atoms with E-state index >= 15 is 0 Å². The van der Waals surface area contributed by atoms with E-state index < -0.39 is 11.8 Å². The van der Waals surface area contributed by atoms with Crippen molar-refractivity contribution in [3.05, 3.63) is 41.7 Å². The fourth-order valence-electron chi connectivity index (χ4n) is 2.55. The molecule has 0 bridgehead atoms. The molecule has 1 aliphatic rings. The molecule has 1 aromatic carbocycles. The predicted molar refractivity (Wildman–Crippen MR) is 102 cm³/mol. The Hall–Kier alpha value is -3.82. The maximum absolute atomic E-state index is 12.5. The van der Waals surface area contributed by atoms with Crippen molar-refractivity contribution in [3.8, 4) is 0 Å². The number of likely N-dealkylation sites (N-methyl/N-ethyl adjacent to an activating group) is 1. The lowest BCUT2D eigenvalue weighted by Gasteiger charge is -2.10. The second-order valence-electron chi connectivity index (χ2n) is 5.85. The molecule has 1 aliphatic heterocycles. The number of nitrogens with zero attached hydrogens (tertiary/aromatic N) is 4. The first-order chi connectivity index (χ1) is 13.4. The number of aromatic nitrogens is 2. The van der Waals surface area contributed by atoms with Gasteiger partial charge in [-0.2, -0.15) is 0 Å². The molecule has 0 fully saturated rings. The molecule has 3 amide bonds. The van der Waals surface area contributed by atoms with Gasteiger partial charge in [0.1, 0.15) is 12.8 Å². The summed E-state index contributed by atoms with van der Waals surface area (Å²) in [6.45, 7) is 1.74. The minimum atomic E-state index is -0.431. The highest BCUT2D eigenvalue weighted by atomic mass is 16.6. The predicted octanol–water partition coefficient (Wildman–Crippen LogP) is 1.40. The minimum Gasteiger partial charge on any atom is -0.398 e.